The predicted molar refractivity (Wildman–Crippen MR) is 81.6 cm³/mol. The molecule has 0 rings (SSSR count). The van der Waals surface area contributed by atoms with Gasteiger partial charge in [0.2, 0.25) is 0 Å². The molecule has 4 unspecified atom stereocenters. The highest BCUT2D eigenvalue weighted by molar-refractivity contribution is 5.83. The Labute approximate surface area is 151 Å². The van der Waals surface area contributed by atoms with Crippen molar-refractivity contribution >= 4 is 23.9 Å². The van der Waals surface area contributed by atoms with E-state index in [9.17, 15) is 19.2 Å². The smallest absolute Gasteiger partial charge is 0.335 e. The van der Waals surface area contributed by atoms with Crippen LogP contribution < -0.4 is 5.32 Å². The topological polar surface area (TPSA) is 283 Å². The first-order chi connectivity index (χ1) is 12.3. The molecule has 15 nitrogen and oxygen atoms in total. The minimum Gasteiger partial charge on any atom is -0.479 e. The summed E-state index contributed by atoms with van der Waals surface area (Å²) in [4.78, 5) is 39.1. The zero-order valence-corrected chi connectivity index (χ0v) is 13.7. The Morgan fingerprint density at radius 3 is 0.852 bits per heavy atom. The molecule has 0 aromatic rings. The third kappa shape index (κ3) is 16.8. The number of hydrogen-bond donors (Lipinski definition) is 11. The van der Waals surface area contributed by atoms with Crippen molar-refractivity contribution in [1.82, 2.24) is 5.32 Å². The van der Waals surface area contributed by atoms with Crippen LogP contribution in [0, 0.1) is 0 Å². The number of carboxylic acid groups (broad SMARTS) is 4. The molecule has 0 saturated heterocycles. The summed E-state index contributed by atoms with van der Waals surface area (Å²) >= 11 is 0. The molecule has 4 atom stereocenters. The molecular weight excluding hydrogens is 382 g/mol. The van der Waals surface area contributed by atoms with Crippen molar-refractivity contribution in [3.63, 3.8) is 0 Å². The van der Waals surface area contributed by atoms with Crippen molar-refractivity contribution in [3.05, 3.63) is 0 Å². The third-order valence-electron chi connectivity index (χ3n) is 2.19. The standard InChI is InChI=1S/C4H11NO2.2C4H6O6/c6-3-1-5-2-4-7;2*5-1(3(7)8)2(6)4(9)10/h5-7H,1-4H2;2*1-2,5-6H,(H,7,8)(H,9,10). The van der Waals surface area contributed by atoms with Gasteiger partial charge < -0.3 is 56.4 Å². The number of aliphatic hydroxyl groups is 6. The van der Waals surface area contributed by atoms with Gasteiger partial charge in [0.25, 0.3) is 0 Å². The molecule has 0 radical (unpaired) electrons. The molecule has 0 spiro atoms. The molecule has 0 aromatic heterocycles. The number of rotatable bonds is 10. The van der Waals surface area contributed by atoms with Crippen molar-refractivity contribution < 1.29 is 70.2 Å². The van der Waals surface area contributed by atoms with E-state index in [4.69, 9.17) is 51.1 Å². The van der Waals surface area contributed by atoms with E-state index in [0.717, 1.165) is 0 Å². The predicted octanol–water partition coefficient (Wildman–Crippen LogP) is -5.68. The zero-order valence-electron chi connectivity index (χ0n) is 13.7. The van der Waals surface area contributed by atoms with Crippen molar-refractivity contribution in [1.29, 1.82) is 0 Å². The van der Waals surface area contributed by atoms with Gasteiger partial charge in [0, 0.05) is 13.1 Å². The molecule has 11 N–H and O–H groups in total. The molecule has 0 saturated carbocycles. The van der Waals surface area contributed by atoms with E-state index in [-0.39, 0.29) is 13.2 Å². The zero-order chi connectivity index (χ0) is 22.2. The SMILES string of the molecule is O=C(O)C(O)C(O)C(=O)O.O=C(O)C(O)C(O)C(=O)O.OCCNCCO. The Balaban J connectivity index is -0.000000326. The van der Waals surface area contributed by atoms with E-state index in [1.165, 1.54) is 0 Å². The van der Waals surface area contributed by atoms with Crippen molar-refractivity contribution in [2.75, 3.05) is 26.3 Å². The van der Waals surface area contributed by atoms with Gasteiger partial charge in [0.1, 0.15) is 0 Å². The maximum atomic E-state index is 9.77. The molecule has 0 aliphatic rings. The minimum atomic E-state index is -2.27. The van der Waals surface area contributed by atoms with E-state index in [1.54, 1.807) is 0 Å². The average Bonchev–Trinajstić information content (AvgIpc) is 2.60. The fourth-order valence-corrected chi connectivity index (χ4v) is 0.823. The molecule has 0 bridgehead atoms. The lowest BCUT2D eigenvalue weighted by Gasteiger charge is -2.07. The number of hydrogen-bond acceptors (Lipinski definition) is 11. The highest BCUT2D eigenvalue weighted by atomic mass is 16.4. The lowest BCUT2D eigenvalue weighted by molar-refractivity contribution is -0.165. The molecule has 0 aliphatic carbocycles. The Morgan fingerprint density at radius 1 is 0.556 bits per heavy atom. The second kappa shape index (κ2) is 17.0. The molecular formula is C12H23NO14. The van der Waals surface area contributed by atoms with Gasteiger partial charge in [-0.3, -0.25) is 0 Å². The van der Waals surface area contributed by atoms with Crippen LogP contribution in [0.5, 0.6) is 0 Å². The molecule has 15 heteroatoms. The van der Waals surface area contributed by atoms with Gasteiger partial charge in [-0.05, 0) is 0 Å². The average molecular weight is 405 g/mol. The quantitative estimate of drug-likeness (QED) is 0.151. The highest BCUT2D eigenvalue weighted by Crippen LogP contribution is 1.93. The van der Waals surface area contributed by atoms with E-state index < -0.39 is 48.3 Å². The maximum absolute atomic E-state index is 9.77. The van der Waals surface area contributed by atoms with Crippen LogP contribution in [0.25, 0.3) is 0 Å². The Morgan fingerprint density at radius 2 is 0.741 bits per heavy atom. The highest BCUT2D eigenvalue weighted by Gasteiger charge is 2.30. The van der Waals surface area contributed by atoms with Gasteiger partial charge in [0.15, 0.2) is 24.4 Å². The first-order valence-electron chi connectivity index (χ1n) is 6.90. The van der Waals surface area contributed by atoms with Crippen molar-refractivity contribution in [2.24, 2.45) is 0 Å². The van der Waals surface area contributed by atoms with Crippen LogP contribution in [0.4, 0.5) is 0 Å². The summed E-state index contributed by atoms with van der Waals surface area (Å²) in [5, 5.41) is 84.1. The molecule has 160 valence electrons. The fraction of sp³-hybridized carbons (Fsp3) is 0.667. The van der Waals surface area contributed by atoms with Crippen LogP contribution in [0.1, 0.15) is 0 Å². The van der Waals surface area contributed by atoms with Gasteiger partial charge >= 0.3 is 23.9 Å². The van der Waals surface area contributed by atoms with Gasteiger partial charge in [-0.1, -0.05) is 0 Å². The number of carboxylic acids is 4. The van der Waals surface area contributed by atoms with Crippen molar-refractivity contribution in [3.8, 4) is 0 Å². The third-order valence-corrected chi connectivity index (χ3v) is 2.19. The van der Waals surface area contributed by atoms with Gasteiger partial charge in [-0.25, -0.2) is 19.2 Å². The van der Waals surface area contributed by atoms with Gasteiger partial charge in [-0.15, -0.1) is 0 Å². The van der Waals surface area contributed by atoms with E-state index >= 15 is 0 Å². The van der Waals surface area contributed by atoms with Crippen LogP contribution in [-0.4, -0.2) is 126 Å². The fourth-order valence-electron chi connectivity index (χ4n) is 0.823. The Hall–Kier alpha value is -2.40. The van der Waals surface area contributed by atoms with E-state index in [2.05, 4.69) is 5.32 Å². The summed E-state index contributed by atoms with van der Waals surface area (Å²) in [6.07, 6.45) is -9.06. The number of aliphatic carboxylic acids is 4. The Bertz CT molecular complexity index is 379. The second-order valence-corrected chi connectivity index (χ2v) is 4.33. The summed E-state index contributed by atoms with van der Waals surface area (Å²) in [6, 6.07) is 0. The van der Waals surface area contributed by atoms with Gasteiger partial charge in [-0.2, -0.15) is 0 Å². The maximum Gasteiger partial charge on any atom is 0.335 e. The van der Waals surface area contributed by atoms with Crippen LogP contribution in [0.2, 0.25) is 0 Å². The minimum absolute atomic E-state index is 0.139. The summed E-state index contributed by atoms with van der Waals surface area (Å²) in [5.74, 6) is -7.07. The number of carbonyl (C=O) groups is 4. The summed E-state index contributed by atoms with van der Waals surface area (Å²) in [7, 11) is 0. The number of aliphatic hydroxyl groups excluding tert-OH is 6. The van der Waals surface area contributed by atoms with E-state index in [0.29, 0.717) is 13.1 Å². The van der Waals surface area contributed by atoms with Crippen molar-refractivity contribution in [2.45, 2.75) is 24.4 Å². The molecule has 0 aromatic carbocycles. The van der Waals surface area contributed by atoms with Crippen LogP contribution in [-0.2, 0) is 19.2 Å². The molecule has 0 fully saturated rings. The molecule has 27 heavy (non-hydrogen) atoms. The first kappa shape index (κ1) is 29.4. The summed E-state index contributed by atoms with van der Waals surface area (Å²) in [6.45, 7) is 1.42. The normalized spacial score (nSPS) is 14.1. The lowest BCUT2D eigenvalue weighted by atomic mass is 10.2. The van der Waals surface area contributed by atoms with E-state index in [1.807, 2.05) is 0 Å². The molecule has 0 aliphatic heterocycles. The van der Waals surface area contributed by atoms with Crippen LogP contribution >= 0.6 is 0 Å². The van der Waals surface area contributed by atoms with Crippen LogP contribution in [0.15, 0.2) is 0 Å². The molecule has 0 heterocycles. The summed E-state index contributed by atoms with van der Waals surface area (Å²) < 4.78 is 0. The number of nitrogens with one attached hydrogen (secondary N) is 1. The second-order valence-electron chi connectivity index (χ2n) is 4.33. The monoisotopic (exact) mass is 405 g/mol. The Kier molecular flexibility index (Phi) is 18.5. The van der Waals surface area contributed by atoms with Gasteiger partial charge in [0.05, 0.1) is 13.2 Å². The largest absolute Gasteiger partial charge is 0.479 e. The summed E-state index contributed by atoms with van der Waals surface area (Å²) in [5.41, 5.74) is 0. The van der Waals surface area contributed by atoms with Crippen LogP contribution in [0.3, 0.4) is 0 Å². The molecule has 0 amide bonds. The lowest BCUT2D eigenvalue weighted by Crippen LogP contribution is -2.39. The first-order valence-corrected chi connectivity index (χ1v) is 6.90.